The molecule has 535 valence electrons. The van der Waals surface area contributed by atoms with Crippen molar-refractivity contribution in [3.8, 4) is 5.82 Å². The number of amides is 2. The Morgan fingerprint density at radius 1 is 0.765 bits per heavy atom. The van der Waals surface area contributed by atoms with Crippen LogP contribution in [-0.2, 0) is 136 Å². The second kappa shape index (κ2) is 45.0. The van der Waals surface area contributed by atoms with Crippen molar-refractivity contribution in [1.82, 2.24) is 56.1 Å². The Bertz CT molecular complexity index is 4160. The third-order valence-electron chi connectivity index (χ3n) is 13.1. The molecule has 0 aliphatic carbocycles. The standard InChI is InChI=1S/C20H19F3N2O4.C18H14BrCl2N5O2.C17H13ClFN3O.2C4H8N2S4.Mn.Zn/c1-13(14-8-6-9-16(11-14)20(21,22)23)24-29-12-15-7-4-5-10-17(15)18(25-28-3)19(26)27-2;1-9-6-10(20)7-11(17(27)22-2)15(9)24-18(28)13-8-14(19)25-26(13)16-12(21)4-3-5-23-16;18-15-4-2-1-3-14(15)16-17(23-16,9-22-11-20-10-21-22)12-5-7-13(19)8-6-12;2*7-3(8)5-1-2-6-4(9)10;;/h4-11H,12H2,1-3H3;3-8H,1-2H3,(H,22,27)(H,24,28);1-8,10-11,16H,9H2;2*1-2H2,(H2,5,7,8)(H2,6,9,10);;/q;;;;;2*+2/p-4/b24-13+,25-18+;;;;;;. The molecule has 1 radical (unpaired) electrons. The Labute approximate surface area is 675 Å². The van der Waals surface area contributed by atoms with E-state index in [1.807, 2.05) is 24.3 Å². The van der Waals surface area contributed by atoms with Crippen LogP contribution < -0.4 is 31.9 Å². The van der Waals surface area contributed by atoms with Crippen molar-refractivity contribution in [2.45, 2.75) is 44.9 Å². The van der Waals surface area contributed by atoms with Crippen LogP contribution in [0.2, 0.25) is 15.1 Å². The van der Waals surface area contributed by atoms with E-state index in [1.54, 1.807) is 78.7 Å². The van der Waals surface area contributed by atoms with Gasteiger partial charge in [0.05, 0.1) is 41.2 Å². The summed E-state index contributed by atoms with van der Waals surface area (Å²) in [7, 11) is 4.01. The summed E-state index contributed by atoms with van der Waals surface area (Å²) >= 11 is 58.6. The molecule has 8 aromatic rings. The molecule has 2 atom stereocenters. The summed E-state index contributed by atoms with van der Waals surface area (Å²) in [5, 5.41) is 33.8. The monoisotopic (exact) mass is 1760 g/mol. The van der Waals surface area contributed by atoms with Gasteiger partial charge >= 0.3 is 48.7 Å². The first-order chi connectivity index (χ1) is 47.5. The Kier molecular flexibility index (Phi) is 39.6. The third-order valence-corrected chi connectivity index (χ3v) is 15.5. The molecule has 5 aromatic carbocycles. The largest absolute Gasteiger partial charge is 2.00 e. The second-order valence-electron chi connectivity index (χ2n) is 19.9. The third kappa shape index (κ3) is 28.9. The number of hydrogen-bond donors (Lipinski definition) is 6. The van der Waals surface area contributed by atoms with Crippen molar-refractivity contribution in [2.24, 2.45) is 10.3 Å². The number of pyridine rings is 1. The van der Waals surface area contributed by atoms with E-state index in [-0.39, 0.29) is 89.2 Å². The maximum Gasteiger partial charge on any atom is 2.00 e. The predicted octanol–water partition coefficient (Wildman–Crippen LogP) is 11.8. The number of carbonyl (C=O) groups excluding carboxylic acids is 3. The molecule has 0 saturated carbocycles. The zero-order chi connectivity index (χ0) is 73.7. The van der Waals surface area contributed by atoms with Crippen LogP contribution >= 0.6 is 99.6 Å². The van der Waals surface area contributed by atoms with Crippen molar-refractivity contribution >= 4 is 202 Å². The minimum absolute atomic E-state index is 0. The molecule has 3 aromatic heterocycles. The summed E-state index contributed by atoms with van der Waals surface area (Å²) < 4.78 is 67.6. The number of halogens is 8. The number of benzene rings is 5. The van der Waals surface area contributed by atoms with Crippen molar-refractivity contribution in [3.05, 3.63) is 222 Å². The van der Waals surface area contributed by atoms with E-state index < -0.39 is 29.2 Å². The van der Waals surface area contributed by atoms with Gasteiger partial charge < -0.3 is 150 Å². The molecule has 21 nitrogen and oxygen atoms in total. The van der Waals surface area contributed by atoms with Gasteiger partial charge in [0.25, 0.3) is 11.8 Å². The van der Waals surface area contributed by atoms with Gasteiger partial charge in [0.1, 0.15) is 54.2 Å². The number of anilines is 1. The number of methoxy groups -OCH3 is 1. The van der Waals surface area contributed by atoms with Gasteiger partial charge in [0, 0.05) is 72.2 Å². The van der Waals surface area contributed by atoms with Crippen molar-refractivity contribution in [3.63, 3.8) is 0 Å². The maximum absolute atomic E-state index is 13.3. The predicted molar refractivity (Wildman–Crippen MR) is 407 cm³/mol. The van der Waals surface area contributed by atoms with Crippen LogP contribution in [0.3, 0.4) is 0 Å². The number of epoxide rings is 1. The van der Waals surface area contributed by atoms with Gasteiger partial charge in [-0.05, 0) is 101 Å². The average Bonchev–Trinajstić information content (AvgIpc) is 1.56. The number of aromatic nitrogens is 6. The first-order valence-electron chi connectivity index (χ1n) is 28.7. The SMILES string of the molecule is CNC(=O)c1cc(Cl)cc(C)c1NC(=O)c1cc(Br)nn1-c1ncccc1Cl.CO/N=C(/C(=O)OC)c1ccccc1CO/N=C(\C)c1cccc(C(F)(F)F)c1.Fc1ccc(C2(Cn3cncn3)OC2c2ccccc2Cl)cc1.S=C([S-])NCCNC(=S)[S-].S=C([S-])NCCNC(=S)[S-].[Mn+2].[Zn+2]. The molecule has 1 saturated heterocycles. The van der Waals surface area contributed by atoms with E-state index in [4.69, 9.17) is 54.0 Å². The van der Waals surface area contributed by atoms with E-state index in [0.29, 0.717) is 97.9 Å². The first kappa shape index (κ1) is 89.8. The van der Waals surface area contributed by atoms with E-state index >= 15 is 0 Å². The van der Waals surface area contributed by atoms with Crippen LogP contribution in [0.15, 0.2) is 161 Å². The summed E-state index contributed by atoms with van der Waals surface area (Å²) in [5.41, 5.74) is 3.33. The summed E-state index contributed by atoms with van der Waals surface area (Å²) in [4.78, 5) is 55.3. The number of rotatable bonds is 21. The molecule has 1 fully saturated rings. The van der Waals surface area contributed by atoms with Crippen LogP contribution in [0.5, 0.6) is 0 Å². The van der Waals surface area contributed by atoms with Crippen LogP contribution in [0.1, 0.15) is 72.8 Å². The molecule has 0 bridgehead atoms. The summed E-state index contributed by atoms with van der Waals surface area (Å²) in [6, 6.07) is 33.5. The topological polar surface area (TPSA) is 250 Å². The molecule has 2 unspecified atom stereocenters. The van der Waals surface area contributed by atoms with Crippen molar-refractivity contribution in [2.75, 3.05) is 52.8 Å². The molecule has 6 N–H and O–H groups in total. The number of thiocarbonyl (C=S) groups is 4. The van der Waals surface area contributed by atoms with E-state index in [1.165, 1.54) is 75.6 Å². The Balaban J connectivity index is 0.000000349. The normalized spacial score (nSPS) is 13.3. The number of ether oxygens (including phenoxy) is 2. The van der Waals surface area contributed by atoms with Crippen LogP contribution in [0.25, 0.3) is 5.82 Å². The fourth-order valence-electron chi connectivity index (χ4n) is 8.60. The summed E-state index contributed by atoms with van der Waals surface area (Å²) in [6.07, 6.45) is 0.0138. The molecular formula is C63H58BrCl3F4MnN14O7S8Zn. The van der Waals surface area contributed by atoms with Crippen LogP contribution in [0, 0.1) is 12.7 Å². The molecule has 1 aliphatic heterocycles. The van der Waals surface area contributed by atoms with Gasteiger partial charge in [-0.3, -0.25) is 9.59 Å². The van der Waals surface area contributed by atoms with Gasteiger partial charge in [-0.2, -0.15) is 23.4 Å². The van der Waals surface area contributed by atoms with E-state index in [9.17, 15) is 31.9 Å². The van der Waals surface area contributed by atoms with Crippen LogP contribution in [0.4, 0.5) is 23.2 Å². The van der Waals surface area contributed by atoms with Gasteiger partial charge in [-0.15, -0.1) is 0 Å². The van der Waals surface area contributed by atoms with E-state index in [2.05, 4.69) is 178 Å². The quantitative estimate of drug-likeness (QED) is 0.00450. The second-order valence-corrected chi connectivity index (χ2v) is 26.3. The molecule has 1 aliphatic rings. The van der Waals surface area contributed by atoms with Crippen molar-refractivity contribution < 1.29 is 87.6 Å². The number of aryl methyl sites for hydroxylation is 1. The number of oxime groups is 2. The molecule has 0 spiro atoms. The molecule has 102 heavy (non-hydrogen) atoms. The van der Waals surface area contributed by atoms with Crippen LogP contribution in [-0.4, -0.2) is 123 Å². The number of nitrogens with zero attached hydrogens (tertiary/aromatic N) is 8. The molecule has 4 heterocycles. The Morgan fingerprint density at radius 3 is 1.91 bits per heavy atom. The average molecular weight is 1760 g/mol. The Morgan fingerprint density at radius 2 is 1.36 bits per heavy atom. The zero-order valence-corrected chi connectivity index (χ0v) is 68.5. The number of alkyl halides is 3. The number of hydrogen-bond acceptors (Lipinski definition) is 21. The van der Waals surface area contributed by atoms with Gasteiger partial charge in [0.15, 0.2) is 11.5 Å². The fraction of sp³-hybridized carbons (Fsp3) is 0.222. The molecule has 9 rings (SSSR count). The number of esters is 1. The van der Waals surface area contributed by atoms with Gasteiger partial charge in [-0.25, -0.2) is 28.5 Å². The molecule has 39 heteroatoms. The number of nitrogens with one attached hydrogen (secondary N) is 6. The van der Waals surface area contributed by atoms with Gasteiger partial charge in [-0.1, -0.05) is 129 Å². The fourth-order valence-corrected chi connectivity index (χ4v) is 10.5. The van der Waals surface area contributed by atoms with E-state index in [0.717, 1.165) is 23.3 Å². The number of carbonyl (C=O) groups is 3. The maximum atomic E-state index is 13.3. The molecular weight excluding hydrogens is 1700 g/mol. The van der Waals surface area contributed by atoms with Crippen molar-refractivity contribution in [1.29, 1.82) is 0 Å². The summed E-state index contributed by atoms with van der Waals surface area (Å²) in [6.45, 7) is 6.38. The zero-order valence-electron chi connectivity index (χ0n) is 54.0. The van der Waals surface area contributed by atoms with Gasteiger partial charge in [0.2, 0.25) is 0 Å². The smallest absolute Gasteiger partial charge is 0.464 e. The minimum Gasteiger partial charge on any atom is -0.464 e. The minimum atomic E-state index is -4.44. The Hall–Kier alpha value is -6.44. The summed E-state index contributed by atoms with van der Waals surface area (Å²) in [5.74, 6) is -1.53. The molecule has 2 amide bonds. The first-order valence-corrected chi connectivity index (χ1v) is 33.8.